The zero-order chi connectivity index (χ0) is 16.6. The zero-order valence-corrected chi connectivity index (χ0v) is 13.8. The second-order valence-corrected chi connectivity index (χ2v) is 7.77. The smallest absolute Gasteiger partial charge is 0.178 e. The lowest BCUT2D eigenvalue weighted by atomic mass is 10.1. The molecule has 5 heteroatoms. The number of pyridine rings is 1. The molecule has 0 aliphatic rings. The van der Waals surface area contributed by atoms with E-state index in [0.717, 1.165) is 28.5 Å². The van der Waals surface area contributed by atoms with E-state index in [1.165, 1.54) is 0 Å². The molecule has 3 aromatic rings. The van der Waals surface area contributed by atoms with Crippen LogP contribution in [0.2, 0.25) is 0 Å². The fourth-order valence-corrected chi connectivity index (χ4v) is 3.56. The van der Waals surface area contributed by atoms with Gasteiger partial charge in [0.15, 0.2) is 16.1 Å². The average Bonchev–Trinajstić information content (AvgIpc) is 2.92. The molecule has 2 heterocycles. The van der Waals surface area contributed by atoms with Crippen molar-refractivity contribution >= 4 is 21.6 Å². The fourth-order valence-electron chi connectivity index (χ4n) is 2.67. The molecule has 0 bridgehead atoms. The highest BCUT2D eigenvalue weighted by Crippen LogP contribution is 2.28. The molecule has 3 rings (SSSR count). The third-order valence-corrected chi connectivity index (χ3v) is 5.73. The SMILES string of the molecule is CCS(=O)(=O)c1ccc(-c2cc3cc(C)ccn3c2C=O)cc1. The minimum atomic E-state index is -3.22. The van der Waals surface area contributed by atoms with Gasteiger partial charge in [-0.3, -0.25) is 4.79 Å². The van der Waals surface area contributed by atoms with Crippen LogP contribution in [0.5, 0.6) is 0 Å². The number of aromatic nitrogens is 1. The van der Waals surface area contributed by atoms with Crippen LogP contribution in [0.1, 0.15) is 23.0 Å². The maximum absolute atomic E-state index is 11.9. The second kappa shape index (κ2) is 5.66. The van der Waals surface area contributed by atoms with Gasteiger partial charge in [-0.1, -0.05) is 19.1 Å². The Hall–Kier alpha value is -2.40. The van der Waals surface area contributed by atoms with E-state index in [2.05, 4.69) is 0 Å². The van der Waals surface area contributed by atoms with E-state index in [9.17, 15) is 13.2 Å². The highest BCUT2D eigenvalue weighted by Gasteiger charge is 2.14. The number of nitrogens with zero attached hydrogens (tertiary/aromatic N) is 1. The van der Waals surface area contributed by atoms with Crippen LogP contribution in [-0.2, 0) is 9.84 Å². The molecular weight excluding hydrogens is 310 g/mol. The number of carbonyl (C=O) groups excluding carboxylic acids is 1. The number of sulfone groups is 1. The van der Waals surface area contributed by atoms with Gasteiger partial charge < -0.3 is 4.40 Å². The summed E-state index contributed by atoms with van der Waals surface area (Å²) in [6, 6.07) is 12.6. The predicted molar refractivity (Wildman–Crippen MR) is 90.7 cm³/mol. The van der Waals surface area contributed by atoms with Gasteiger partial charge in [0.25, 0.3) is 0 Å². The van der Waals surface area contributed by atoms with Gasteiger partial charge in [0.1, 0.15) is 0 Å². The van der Waals surface area contributed by atoms with E-state index in [1.807, 2.05) is 35.7 Å². The summed E-state index contributed by atoms with van der Waals surface area (Å²) in [5.41, 5.74) is 4.23. The van der Waals surface area contributed by atoms with Crippen LogP contribution in [0, 0.1) is 6.92 Å². The van der Waals surface area contributed by atoms with E-state index in [0.29, 0.717) is 10.6 Å². The highest BCUT2D eigenvalue weighted by atomic mass is 32.2. The molecule has 0 saturated carbocycles. The summed E-state index contributed by atoms with van der Waals surface area (Å²) in [5.74, 6) is 0.0708. The Morgan fingerprint density at radius 1 is 1.09 bits per heavy atom. The average molecular weight is 327 g/mol. The van der Waals surface area contributed by atoms with Crippen LogP contribution in [-0.4, -0.2) is 24.9 Å². The van der Waals surface area contributed by atoms with Crippen LogP contribution in [0.25, 0.3) is 16.6 Å². The van der Waals surface area contributed by atoms with Crippen LogP contribution >= 0.6 is 0 Å². The van der Waals surface area contributed by atoms with Crippen molar-refractivity contribution in [3.63, 3.8) is 0 Å². The number of hydrogen-bond acceptors (Lipinski definition) is 3. The molecule has 1 aromatic carbocycles. The Labute approximate surface area is 135 Å². The van der Waals surface area contributed by atoms with E-state index < -0.39 is 9.84 Å². The summed E-state index contributed by atoms with van der Waals surface area (Å²) in [6.45, 7) is 3.62. The Morgan fingerprint density at radius 3 is 2.39 bits per heavy atom. The first kappa shape index (κ1) is 15.5. The molecule has 0 amide bonds. The zero-order valence-electron chi connectivity index (χ0n) is 13.0. The Kier molecular flexibility index (Phi) is 3.82. The highest BCUT2D eigenvalue weighted by molar-refractivity contribution is 7.91. The van der Waals surface area contributed by atoms with Crippen molar-refractivity contribution in [1.29, 1.82) is 0 Å². The first-order chi connectivity index (χ1) is 11.0. The van der Waals surface area contributed by atoms with Gasteiger partial charge in [-0.25, -0.2) is 8.42 Å². The minimum absolute atomic E-state index is 0.0708. The third-order valence-electron chi connectivity index (χ3n) is 3.98. The Balaban J connectivity index is 2.15. The number of carbonyl (C=O) groups is 1. The van der Waals surface area contributed by atoms with Crippen LogP contribution in [0.4, 0.5) is 0 Å². The summed E-state index contributed by atoms with van der Waals surface area (Å²) in [4.78, 5) is 11.8. The summed E-state index contributed by atoms with van der Waals surface area (Å²) >= 11 is 0. The molecule has 23 heavy (non-hydrogen) atoms. The summed E-state index contributed by atoms with van der Waals surface area (Å²) in [7, 11) is -3.22. The lowest BCUT2D eigenvalue weighted by Gasteiger charge is -2.04. The quantitative estimate of drug-likeness (QED) is 0.689. The largest absolute Gasteiger partial charge is 0.314 e. The van der Waals surface area contributed by atoms with Gasteiger partial charge in [-0.2, -0.15) is 0 Å². The Morgan fingerprint density at radius 2 is 1.78 bits per heavy atom. The van der Waals surface area contributed by atoms with Gasteiger partial charge in [-0.15, -0.1) is 0 Å². The van der Waals surface area contributed by atoms with Crippen molar-refractivity contribution in [1.82, 2.24) is 4.40 Å². The van der Waals surface area contributed by atoms with Crippen LogP contribution in [0.3, 0.4) is 0 Å². The van der Waals surface area contributed by atoms with Crippen molar-refractivity contribution in [3.8, 4) is 11.1 Å². The molecular formula is C18H17NO3S. The second-order valence-electron chi connectivity index (χ2n) is 5.49. The van der Waals surface area contributed by atoms with Crippen molar-refractivity contribution in [2.24, 2.45) is 0 Å². The number of rotatable bonds is 4. The van der Waals surface area contributed by atoms with Gasteiger partial charge in [0.2, 0.25) is 0 Å². The van der Waals surface area contributed by atoms with Gasteiger partial charge >= 0.3 is 0 Å². The topological polar surface area (TPSA) is 55.6 Å². The number of hydrogen-bond donors (Lipinski definition) is 0. The normalized spacial score (nSPS) is 11.7. The molecule has 0 atom stereocenters. The first-order valence-electron chi connectivity index (χ1n) is 7.36. The lowest BCUT2D eigenvalue weighted by molar-refractivity contribution is 0.111. The maximum atomic E-state index is 11.9. The molecule has 118 valence electrons. The van der Waals surface area contributed by atoms with Crippen molar-refractivity contribution < 1.29 is 13.2 Å². The van der Waals surface area contributed by atoms with Gasteiger partial charge in [0, 0.05) is 17.3 Å². The number of aryl methyl sites for hydroxylation is 1. The standard InChI is InChI=1S/C18H17NO3S/c1-3-23(21,22)16-6-4-14(5-7-16)17-11-15-10-13(2)8-9-19(15)18(17)12-20/h4-12H,3H2,1-2H3. The number of aldehydes is 1. The molecule has 4 nitrogen and oxygen atoms in total. The number of benzene rings is 1. The first-order valence-corrected chi connectivity index (χ1v) is 9.01. The summed E-state index contributed by atoms with van der Waals surface area (Å²) in [6.07, 6.45) is 2.70. The van der Waals surface area contributed by atoms with Crippen molar-refractivity contribution in [2.75, 3.05) is 5.75 Å². The summed E-state index contributed by atoms with van der Waals surface area (Å²) in [5, 5.41) is 0. The molecule has 2 aromatic heterocycles. The molecule has 0 aliphatic heterocycles. The lowest BCUT2D eigenvalue weighted by Crippen LogP contribution is -2.03. The molecule has 0 fully saturated rings. The van der Waals surface area contributed by atoms with E-state index in [4.69, 9.17) is 0 Å². The third kappa shape index (κ3) is 2.68. The van der Waals surface area contributed by atoms with Crippen LogP contribution < -0.4 is 0 Å². The van der Waals surface area contributed by atoms with Crippen molar-refractivity contribution in [3.05, 3.63) is 59.9 Å². The van der Waals surface area contributed by atoms with Gasteiger partial charge in [0.05, 0.1) is 16.3 Å². The van der Waals surface area contributed by atoms with E-state index >= 15 is 0 Å². The van der Waals surface area contributed by atoms with Crippen molar-refractivity contribution in [2.45, 2.75) is 18.7 Å². The monoisotopic (exact) mass is 327 g/mol. The minimum Gasteiger partial charge on any atom is -0.314 e. The molecule has 0 aliphatic carbocycles. The molecule has 0 spiro atoms. The molecule has 0 N–H and O–H groups in total. The van der Waals surface area contributed by atoms with Crippen LogP contribution in [0.15, 0.2) is 53.6 Å². The van der Waals surface area contributed by atoms with E-state index in [1.54, 1.807) is 31.2 Å². The molecule has 0 radical (unpaired) electrons. The Bertz CT molecular complexity index is 983. The molecule has 0 saturated heterocycles. The summed E-state index contributed by atoms with van der Waals surface area (Å²) < 4.78 is 25.6. The number of fused-ring (bicyclic) bond motifs is 1. The fraction of sp³-hybridized carbons (Fsp3) is 0.167. The van der Waals surface area contributed by atoms with E-state index in [-0.39, 0.29) is 5.75 Å². The molecule has 0 unspecified atom stereocenters. The maximum Gasteiger partial charge on any atom is 0.178 e. The van der Waals surface area contributed by atoms with Gasteiger partial charge in [-0.05, 0) is 48.4 Å². The predicted octanol–water partition coefficient (Wildman–Crippen LogP) is 3.52.